The number of nitrogens with zero attached hydrogens (tertiary/aromatic N) is 3. The van der Waals surface area contributed by atoms with Gasteiger partial charge < -0.3 is 14.6 Å². The smallest absolute Gasteiger partial charge is 0.241 e. The van der Waals surface area contributed by atoms with Crippen LogP contribution in [0.4, 0.5) is 5.69 Å². The van der Waals surface area contributed by atoms with E-state index in [-0.39, 0.29) is 17.9 Å². The second-order valence-corrected chi connectivity index (χ2v) is 8.14. The number of hydrogen-bond acceptors (Lipinski definition) is 6. The topological polar surface area (TPSA) is 80.5 Å². The number of nitrogens with one attached hydrogen (secondary N) is 1. The highest BCUT2D eigenvalue weighted by Crippen LogP contribution is 2.23. The summed E-state index contributed by atoms with van der Waals surface area (Å²) < 4.78 is 11.2. The van der Waals surface area contributed by atoms with Crippen LogP contribution in [-0.4, -0.2) is 40.1 Å². The van der Waals surface area contributed by atoms with Gasteiger partial charge in [-0.3, -0.25) is 9.69 Å². The van der Waals surface area contributed by atoms with Crippen LogP contribution >= 0.6 is 0 Å². The zero-order valence-corrected chi connectivity index (χ0v) is 18.0. The summed E-state index contributed by atoms with van der Waals surface area (Å²) in [4.78, 5) is 19.6. The van der Waals surface area contributed by atoms with Crippen molar-refractivity contribution in [1.29, 1.82) is 0 Å². The first-order valence-electron chi connectivity index (χ1n) is 10.7. The third-order valence-corrected chi connectivity index (χ3v) is 5.21. The number of rotatable bonds is 7. The second-order valence-electron chi connectivity index (χ2n) is 8.14. The molecule has 0 spiro atoms. The van der Waals surface area contributed by atoms with E-state index in [1.165, 1.54) is 0 Å². The Morgan fingerprint density at radius 1 is 1.23 bits per heavy atom. The van der Waals surface area contributed by atoms with E-state index in [1.54, 1.807) is 0 Å². The largest absolute Gasteiger partial charge is 0.491 e. The van der Waals surface area contributed by atoms with Gasteiger partial charge in [-0.05, 0) is 45.4 Å². The maximum absolute atomic E-state index is 12.9. The van der Waals surface area contributed by atoms with Gasteiger partial charge in [0.05, 0.1) is 18.6 Å². The quantitative estimate of drug-likeness (QED) is 0.611. The van der Waals surface area contributed by atoms with Gasteiger partial charge in [-0.25, -0.2) is 0 Å². The summed E-state index contributed by atoms with van der Waals surface area (Å²) in [5.41, 5.74) is 1.68. The van der Waals surface area contributed by atoms with Crippen molar-refractivity contribution in [2.24, 2.45) is 5.92 Å². The van der Waals surface area contributed by atoms with E-state index in [1.807, 2.05) is 68.4 Å². The first-order chi connectivity index (χ1) is 15.1. The number of ether oxygens (including phenoxy) is 1. The highest BCUT2D eigenvalue weighted by Gasteiger charge is 2.27. The predicted molar refractivity (Wildman–Crippen MR) is 119 cm³/mol. The highest BCUT2D eigenvalue weighted by atomic mass is 16.5. The Hall–Kier alpha value is -3.19. The van der Waals surface area contributed by atoms with Crippen molar-refractivity contribution >= 4 is 11.6 Å². The maximum atomic E-state index is 12.9. The van der Waals surface area contributed by atoms with Crippen molar-refractivity contribution in [3.8, 4) is 17.1 Å². The number of amides is 1. The molecule has 2 aromatic carbocycles. The molecule has 1 aliphatic rings. The molecule has 0 aliphatic carbocycles. The van der Waals surface area contributed by atoms with Gasteiger partial charge in [-0.15, -0.1) is 0 Å². The lowest BCUT2D eigenvalue weighted by Gasteiger charge is -2.30. The number of aromatic nitrogens is 2. The van der Waals surface area contributed by atoms with Crippen LogP contribution in [0.3, 0.4) is 0 Å². The van der Waals surface area contributed by atoms with Crippen LogP contribution in [0.2, 0.25) is 0 Å². The maximum Gasteiger partial charge on any atom is 0.241 e. The molecule has 162 valence electrons. The number of anilines is 1. The first kappa shape index (κ1) is 21.1. The Bertz CT molecular complexity index is 1000. The van der Waals surface area contributed by atoms with Gasteiger partial charge in [0.15, 0.2) is 0 Å². The Morgan fingerprint density at radius 3 is 2.87 bits per heavy atom. The van der Waals surface area contributed by atoms with Crippen LogP contribution in [0.15, 0.2) is 59.1 Å². The normalized spacial score (nSPS) is 16.9. The fraction of sp³-hybridized carbons (Fsp3) is 0.375. The van der Waals surface area contributed by atoms with Gasteiger partial charge in [-0.1, -0.05) is 41.6 Å². The molecular weight excluding hydrogens is 392 g/mol. The number of likely N-dealkylation sites (tertiary alicyclic amines) is 1. The van der Waals surface area contributed by atoms with E-state index in [0.717, 1.165) is 36.4 Å². The second kappa shape index (κ2) is 9.75. The fourth-order valence-corrected chi connectivity index (χ4v) is 3.79. The summed E-state index contributed by atoms with van der Waals surface area (Å²) in [5, 5.41) is 7.12. The summed E-state index contributed by atoms with van der Waals surface area (Å²) in [5.74, 6) is 1.86. The first-order valence-corrected chi connectivity index (χ1v) is 10.7. The molecule has 7 heteroatoms. The molecule has 2 heterocycles. The minimum Gasteiger partial charge on any atom is -0.491 e. The van der Waals surface area contributed by atoms with Gasteiger partial charge in [0, 0.05) is 23.9 Å². The number of piperidine rings is 1. The average Bonchev–Trinajstić information content (AvgIpc) is 3.23. The summed E-state index contributed by atoms with van der Waals surface area (Å²) >= 11 is 0. The van der Waals surface area contributed by atoms with Gasteiger partial charge >= 0.3 is 0 Å². The van der Waals surface area contributed by atoms with Crippen LogP contribution in [0.5, 0.6) is 5.75 Å². The lowest BCUT2D eigenvalue weighted by Crippen LogP contribution is -2.40. The monoisotopic (exact) mass is 420 g/mol. The Labute approximate surface area is 182 Å². The Kier molecular flexibility index (Phi) is 6.62. The molecule has 1 fully saturated rings. The zero-order valence-electron chi connectivity index (χ0n) is 18.0. The molecule has 1 N–H and O–H groups in total. The minimum atomic E-state index is -0.0834. The third kappa shape index (κ3) is 5.70. The average molecular weight is 421 g/mol. The van der Waals surface area contributed by atoms with Crippen molar-refractivity contribution in [1.82, 2.24) is 15.0 Å². The van der Waals surface area contributed by atoms with Crippen LogP contribution in [0.25, 0.3) is 11.4 Å². The zero-order chi connectivity index (χ0) is 21.6. The lowest BCUT2D eigenvalue weighted by molar-refractivity contribution is -0.121. The summed E-state index contributed by atoms with van der Waals surface area (Å²) in [6.45, 7) is 6.07. The van der Waals surface area contributed by atoms with Gasteiger partial charge in [0.25, 0.3) is 0 Å². The molecule has 31 heavy (non-hydrogen) atoms. The highest BCUT2D eigenvalue weighted by molar-refractivity contribution is 5.92. The molecule has 0 bridgehead atoms. The predicted octanol–water partition coefficient (Wildman–Crippen LogP) is 4.37. The van der Waals surface area contributed by atoms with Crippen molar-refractivity contribution in [3.63, 3.8) is 0 Å². The minimum absolute atomic E-state index is 0.0295. The standard InChI is InChI=1S/C24H28N4O3/c1-17(2)30-21-12-6-11-20(14-21)25-24(29)19-10-7-13-28(15-19)16-22-26-23(27-31-22)18-8-4-3-5-9-18/h3-6,8-9,11-12,14,17,19H,7,10,13,15-16H2,1-2H3,(H,25,29). The lowest BCUT2D eigenvalue weighted by atomic mass is 9.97. The van der Waals surface area contributed by atoms with E-state index < -0.39 is 0 Å². The van der Waals surface area contributed by atoms with E-state index in [2.05, 4.69) is 20.4 Å². The molecule has 1 atom stereocenters. The van der Waals surface area contributed by atoms with Crippen LogP contribution < -0.4 is 10.1 Å². The molecule has 1 aromatic heterocycles. The van der Waals surface area contributed by atoms with Crippen molar-refractivity contribution in [2.45, 2.75) is 39.3 Å². The SMILES string of the molecule is CC(C)Oc1cccc(NC(=O)C2CCCN(Cc3nc(-c4ccccc4)no3)C2)c1. The molecule has 4 rings (SSSR count). The number of carbonyl (C=O) groups excluding carboxylic acids is 1. The summed E-state index contributed by atoms with van der Waals surface area (Å²) in [6, 6.07) is 17.3. The molecule has 1 unspecified atom stereocenters. The van der Waals surface area contributed by atoms with Gasteiger partial charge in [0.1, 0.15) is 5.75 Å². The molecule has 1 saturated heterocycles. The molecule has 0 radical (unpaired) electrons. The molecule has 3 aromatic rings. The van der Waals surface area contributed by atoms with Crippen molar-refractivity contribution in [2.75, 3.05) is 18.4 Å². The van der Waals surface area contributed by atoms with Gasteiger partial charge in [0.2, 0.25) is 17.6 Å². The van der Waals surface area contributed by atoms with Crippen molar-refractivity contribution < 1.29 is 14.1 Å². The number of carbonyl (C=O) groups is 1. The van der Waals surface area contributed by atoms with E-state index in [9.17, 15) is 4.79 Å². The molecule has 1 amide bonds. The van der Waals surface area contributed by atoms with Gasteiger partial charge in [-0.2, -0.15) is 4.98 Å². The Morgan fingerprint density at radius 2 is 2.06 bits per heavy atom. The fourth-order valence-electron chi connectivity index (χ4n) is 3.79. The molecular formula is C24H28N4O3. The number of hydrogen-bond donors (Lipinski definition) is 1. The van der Waals surface area contributed by atoms with Crippen molar-refractivity contribution in [3.05, 3.63) is 60.5 Å². The Balaban J connectivity index is 1.34. The van der Waals surface area contributed by atoms with Crippen LogP contribution in [0.1, 0.15) is 32.6 Å². The summed E-state index contributed by atoms with van der Waals surface area (Å²) in [6.07, 6.45) is 1.91. The summed E-state index contributed by atoms with van der Waals surface area (Å²) in [7, 11) is 0. The third-order valence-electron chi connectivity index (χ3n) is 5.21. The molecule has 7 nitrogen and oxygen atoms in total. The molecule has 0 saturated carbocycles. The van der Waals surface area contributed by atoms with E-state index >= 15 is 0 Å². The van der Waals surface area contributed by atoms with Crippen LogP contribution in [-0.2, 0) is 11.3 Å². The van der Waals surface area contributed by atoms with E-state index in [0.29, 0.717) is 24.8 Å². The van der Waals surface area contributed by atoms with Crippen LogP contribution in [0, 0.1) is 5.92 Å². The molecule has 1 aliphatic heterocycles. The van der Waals surface area contributed by atoms with E-state index in [4.69, 9.17) is 9.26 Å². The number of benzene rings is 2.